The third-order valence-corrected chi connectivity index (χ3v) is 3.82. The summed E-state index contributed by atoms with van der Waals surface area (Å²) in [6.07, 6.45) is 0.353. The summed E-state index contributed by atoms with van der Waals surface area (Å²) in [4.78, 5) is 23.3. The first-order chi connectivity index (χ1) is 10.0. The number of carboxylic acids is 1. The molecular weight excluding hydrogens is 274 g/mol. The second-order valence-electron chi connectivity index (χ2n) is 5.23. The van der Waals surface area contributed by atoms with Gasteiger partial charge in [0.1, 0.15) is 5.75 Å². The van der Waals surface area contributed by atoms with E-state index in [1.807, 2.05) is 0 Å². The zero-order valence-corrected chi connectivity index (χ0v) is 11.8. The number of methoxy groups -OCH3 is 1. The van der Waals surface area contributed by atoms with E-state index in [0.29, 0.717) is 12.2 Å². The average molecular weight is 293 g/mol. The minimum absolute atomic E-state index is 0.0966. The van der Waals surface area contributed by atoms with Crippen molar-refractivity contribution in [3.8, 4) is 5.75 Å². The van der Waals surface area contributed by atoms with E-state index in [4.69, 9.17) is 9.84 Å². The number of hydrogen-bond donors (Lipinski definition) is 3. The van der Waals surface area contributed by atoms with E-state index < -0.39 is 11.9 Å². The van der Waals surface area contributed by atoms with E-state index in [9.17, 15) is 14.7 Å². The fourth-order valence-corrected chi connectivity index (χ4v) is 2.85. The molecule has 2 rings (SSSR count). The second-order valence-corrected chi connectivity index (χ2v) is 5.23. The Bertz CT molecular complexity index is 513. The first-order valence-corrected chi connectivity index (χ1v) is 6.82. The third-order valence-electron chi connectivity index (χ3n) is 3.82. The van der Waals surface area contributed by atoms with Gasteiger partial charge in [-0.2, -0.15) is 0 Å². The first kappa shape index (κ1) is 15.3. The number of ether oxygens (including phenoxy) is 1. The Morgan fingerprint density at radius 1 is 1.38 bits per heavy atom. The van der Waals surface area contributed by atoms with Crippen molar-refractivity contribution in [2.24, 2.45) is 5.92 Å². The van der Waals surface area contributed by atoms with Crippen molar-refractivity contribution in [1.82, 2.24) is 5.32 Å². The SMILES string of the molecule is COc1ccc([C@H]2C(=O)N[C@H](CO)C[C@H]2CC(=O)O)cc1. The number of amides is 1. The van der Waals surface area contributed by atoms with Crippen molar-refractivity contribution in [2.45, 2.75) is 24.8 Å². The van der Waals surface area contributed by atoms with Gasteiger partial charge in [-0.15, -0.1) is 0 Å². The molecule has 0 aromatic heterocycles. The molecule has 21 heavy (non-hydrogen) atoms. The number of carboxylic acid groups (broad SMARTS) is 1. The Labute approximate surface area is 122 Å². The second kappa shape index (κ2) is 6.58. The van der Waals surface area contributed by atoms with Crippen LogP contribution < -0.4 is 10.1 Å². The molecule has 1 aromatic rings. The number of carbonyl (C=O) groups excluding carboxylic acids is 1. The number of aliphatic carboxylic acids is 1. The van der Waals surface area contributed by atoms with Crippen LogP contribution in [0.15, 0.2) is 24.3 Å². The lowest BCUT2D eigenvalue weighted by atomic mass is 9.76. The van der Waals surface area contributed by atoms with E-state index in [2.05, 4.69) is 5.32 Å². The molecule has 0 radical (unpaired) electrons. The Kier molecular flexibility index (Phi) is 4.80. The van der Waals surface area contributed by atoms with Gasteiger partial charge in [-0.25, -0.2) is 0 Å². The fraction of sp³-hybridized carbons (Fsp3) is 0.467. The Morgan fingerprint density at radius 2 is 2.05 bits per heavy atom. The summed E-state index contributed by atoms with van der Waals surface area (Å²) in [6, 6.07) is 6.67. The highest BCUT2D eigenvalue weighted by atomic mass is 16.5. The molecule has 1 fully saturated rings. The average Bonchev–Trinajstić information content (AvgIpc) is 2.46. The lowest BCUT2D eigenvalue weighted by molar-refractivity contribution is -0.139. The Hall–Kier alpha value is -2.08. The minimum Gasteiger partial charge on any atom is -0.497 e. The van der Waals surface area contributed by atoms with Gasteiger partial charge < -0.3 is 20.3 Å². The predicted octanol–water partition coefficient (Wildman–Crippen LogP) is 0.750. The van der Waals surface area contributed by atoms with Crippen LogP contribution in [-0.2, 0) is 9.59 Å². The number of rotatable bonds is 5. The largest absolute Gasteiger partial charge is 0.497 e. The summed E-state index contributed by atoms with van der Waals surface area (Å²) in [7, 11) is 1.56. The summed E-state index contributed by atoms with van der Waals surface area (Å²) in [5, 5.41) is 21.0. The van der Waals surface area contributed by atoms with Crippen LogP contribution in [0.2, 0.25) is 0 Å². The number of nitrogens with one attached hydrogen (secondary N) is 1. The van der Waals surface area contributed by atoms with E-state index in [1.165, 1.54) is 0 Å². The van der Waals surface area contributed by atoms with Crippen LogP contribution >= 0.6 is 0 Å². The van der Waals surface area contributed by atoms with Crippen molar-refractivity contribution < 1.29 is 24.5 Å². The molecule has 1 aliphatic rings. The van der Waals surface area contributed by atoms with Gasteiger partial charge in [0.2, 0.25) is 5.91 Å². The summed E-state index contributed by atoms with van der Waals surface area (Å²) in [6.45, 7) is -0.183. The van der Waals surface area contributed by atoms with Gasteiger partial charge in [-0.1, -0.05) is 12.1 Å². The van der Waals surface area contributed by atoms with Gasteiger partial charge in [-0.05, 0) is 30.0 Å². The molecule has 1 amide bonds. The van der Waals surface area contributed by atoms with Crippen LogP contribution in [0.3, 0.4) is 0 Å². The predicted molar refractivity (Wildman–Crippen MR) is 75.1 cm³/mol. The van der Waals surface area contributed by atoms with Crippen LogP contribution in [0.5, 0.6) is 5.75 Å². The van der Waals surface area contributed by atoms with Crippen molar-refractivity contribution in [3.63, 3.8) is 0 Å². The molecule has 1 aliphatic heterocycles. The molecule has 1 aromatic carbocycles. The maximum absolute atomic E-state index is 12.3. The molecule has 3 atom stereocenters. The number of hydrogen-bond acceptors (Lipinski definition) is 4. The molecule has 6 heteroatoms. The van der Waals surface area contributed by atoms with E-state index in [0.717, 1.165) is 5.56 Å². The lowest BCUT2D eigenvalue weighted by Crippen LogP contribution is -2.49. The number of carbonyl (C=O) groups is 2. The zero-order chi connectivity index (χ0) is 15.4. The van der Waals surface area contributed by atoms with Crippen LogP contribution in [0.1, 0.15) is 24.3 Å². The molecule has 3 N–H and O–H groups in total. The number of piperidine rings is 1. The molecule has 0 spiro atoms. The molecular formula is C15H19NO5. The first-order valence-electron chi connectivity index (χ1n) is 6.82. The zero-order valence-electron chi connectivity index (χ0n) is 11.8. The topological polar surface area (TPSA) is 95.9 Å². The standard InChI is InChI=1S/C15H19NO5/c1-21-12-4-2-9(3-5-12)14-10(7-13(18)19)6-11(8-17)16-15(14)20/h2-5,10-11,14,17H,6-8H2,1H3,(H,16,20)(H,18,19)/t10-,11-,14+/m0/s1. The number of aliphatic hydroxyl groups is 1. The van der Waals surface area contributed by atoms with Crippen molar-refractivity contribution >= 4 is 11.9 Å². The molecule has 0 unspecified atom stereocenters. The molecule has 1 saturated heterocycles. The molecule has 6 nitrogen and oxygen atoms in total. The van der Waals surface area contributed by atoms with Gasteiger partial charge in [0.15, 0.2) is 0 Å². The highest BCUT2D eigenvalue weighted by molar-refractivity contribution is 5.86. The summed E-state index contributed by atoms with van der Waals surface area (Å²) in [5.74, 6) is -1.35. The lowest BCUT2D eigenvalue weighted by Gasteiger charge is -2.35. The van der Waals surface area contributed by atoms with Gasteiger partial charge in [0, 0.05) is 6.42 Å². The fourth-order valence-electron chi connectivity index (χ4n) is 2.85. The van der Waals surface area contributed by atoms with Gasteiger partial charge in [0.05, 0.1) is 25.7 Å². The molecule has 0 aliphatic carbocycles. The van der Waals surface area contributed by atoms with E-state index >= 15 is 0 Å². The van der Waals surface area contributed by atoms with Gasteiger partial charge >= 0.3 is 5.97 Å². The highest BCUT2D eigenvalue weighted by Crippen LogP contribution is 2.35. The number of benzene rings is 1. The monoisotopic (exact) mass is 293 g/mol. The minimum atomic E-state index is -0.940. The maximum atomic E-state index is 12.3. The summed E-state index contributed by atoms with van der Waals surface area (Å²) < 4.78 is 5.08. The maximum Gasteiger partial charge on any atom is 0.303 e. The molecule has 0 saturated carbocycles. The van der Waals surface area contributed by atoms with Crippen LogP contribution in [0, 0.1) is 5.92 Å². The highest BCUT2D eigenvalue weighted by Gasteiger charge is 2.38. The Balaban J connectivity index is 2.27. The third kappa shape index (κ3) is 3.52. The quantitative estimate of drug-likeness (QED) is 0.744. The summed E-state index contributed by atoms with van der Waals surface area (Å²) in [5.41, 5.74) is 0.760. The van der Waals surface area contributed by atoms with Crippen LogP contribution in [0.4, 0.5) is 0 Å². The normalized spacial score (nSPS) is 25.2. The molecule has 0 bridgehead atoms. The van der Waals surface area contributed by atoms with Crippen LogP contribution in [0.25, 0.3) is 0 Å². The molecule has 1 heterocycles. The van der Waals surface area contributed by atoms with Gasteiger partial charge in [-0.3, -0.25) is 9.59 Å². The molecule has 114 valence electrons. The van der Waals surface area contributed by atoms with E-state index in [-0.39, 0.29) is 30.9 Å². The Morgan fingerprint density at radius 3 is 2.57 bits per heavy atom. The van der Waals surface area contributed by atoms with Crippen LogP contribution in [-0.4, -0.2) is 41.8 Å². The van der Waals surface area contributed by atoms with Crippen molar-refractivity contribution in [3.05, 3.63) is 29.8 Å². The smallest absolute Gasteiger partial charge is 0.303 e. The van der Waals surface area contributed by atoms with E-state index in [1.54, 1.807) is 31.4 Å². The van der Waals surface area contributed by atoms with Gasteiger partial charge in [0.25, 0.3) is 0 Å². The van der Waals surface area contributed by atoms with Crippen molar-refractivity contribution in [1.29, 1.82) is 0 Å². The number of aliphatic hydroxyl groups excluding tert-OH is 1. The van der Waals surface area contributed by atoms with Crippen molar-refractivity contribution in [2.75, 3.05) is 13.7 Å². The summed E-state index contributed by atoms with van der Waals surface area (Å²) >= 11 is 0.